The summed E-state index contributed by atoms with van der Waals surface area (Å²) in [6.07, 6.45) is 12.6. The first-order chi connectivity index (χ1) is 20.6. The van der Waals surface area contributed by atoms with Crippen LogP contribution in [0.2, 0.25) is 0 Å². The standard InChI is InChI=1S/C36H40O5S2/c1-5-40-33(39)36(41-32(38)23-6-9-27(10-7-23)43-28-13-11-26(42-4)12-14-28)21-18-31-29-15-8-24-22-25(37)16-19-34(24,2)30(29)17-20-35(31,36)3/h6-7,9-14,16,19,22,29-31H,5,8,15,17-18,20-21H2,1-4H3/t29-,30+,31+,34+,35+,36?/m1/s1. The van der Waals surface area contributed by atoms with Crippen molar-refractivity contribution in [3.8, 4) is 0 Å². The van der Waals surface area contributed by atoms with Crippen molar-refractivity contribution in [3.05, 3.63) is 77.9 Å². The Bertz CT molecular complexity index is 1480. The molecule has 0 aromatic heterocycles. The van der Waals surface area contributed by atoms with E-state index in [4.69, 9.17) is 9.47 Å². The Hall–Kier alpha value is -2.77. The van der Waals surface area contributed by atoms with Crippen molar-refractivity contribution in [2.75, 3.05) is 12.9 Å². The predicted octanol–water partition coefficient (Wildman–Crippen LogP) is 8.33. The molecule has 0 amide bonds. The molecular weight excluding hydrogens is 577 g/mol. The van der Waals surface area contributed by atoms with Crippen molar-refractivity contribution in [2.24, 2.45) is 28.6 Å². The number of esters is 2. The van der Waals surface area contributed by atoms with Crippen LogP contribution in [-0.2, 0) is 19.1 Å². The summed E-state index contributed by atoms with van der Waals surface area (Å²) in [5.74, 6) is 0.188. The van der Waals surface area contributed by atoms with E-state index in [1.165, 1.54) is 10.5 Å². The smallest absolute Gasteiger partial charge is 0.351 e. The summed E-state index contributed by atoms with van der Waals surface area (Å²) in [6, 6.07) is 15.8. The van der Waals surface area contributed by atoms with E-state index in [1.807, 2.05) is 18.2 Å². The van der Waals surface area contributed by atoms with Gasteiger partial charge in [0.25, 0.3) is 0 Å². The fourth-order valence-corrected chi connectivity index (χ4v) is 9.87. The zero-order valence-electron chi connectivity index (χ0n) is 25.4. The van der Waals surface area contributed by atoms with E-state index in [1.54, 1.807) is 48.7 Å². The van der Waals surface area contributed by atoms with Crippen LogP contribution in [0.15, 0.2) is 87.0 Å². The van der Waals surface area contributed by atoms with Crippen LogP contribution in [0.25, 0.3) is 0 Å². The minimum absolute atomic E-state index is 0.0807. The van der Waals surface area contributed by atoms with E-state index in [2.05, 4.69) is 50.4 Å². The molecule has 4 aliphatic rings. The lowest BCUT2D eigenvalue weighted by Gasteiger charge is -2.58. The predicted molar refractivity (Wildman–Crippen MR) is 170 cm³/mol. The van der Waals surface area contributed by atoms with Gasteiger partial charge in [0, 0.05) is 25.5 Å². The van der Waals surface area contributed by atoms with Gasteiger partial charge in [0.2, 0.25) is 5.60 Å². The number of allylic oxidation sites excluding steroid dienone is 4. The highest BCUT2D eigenvalue weighted by atomic mass is 32.2. The van der Waals surface area contributed by atoms with Gasteiger partial charge in [-0.15, -0.1) is 11.8 Å². The van der Waals surface area contributed by atoms with Crippen molar-refractivity contribution >= 4 is 41.2 Å². The van der Waals surface area contributed by atoms with Crippen LogP contribution < -0.4 is 0 Å². The molecule has 0 saturated heterocycles. The van der Waals surface area contributed by atoms with E-state index in [0.29, 0.717) is 23.8 Å². The number of hydrogen-bond acceptors (Lipinski definition) is 7. The third-order valence-electron chi connectivity index (χ3n) is 10.9. The van der Waals surface area contributed by atoms with Crippen molar-refractivity contribution < 1.29 is 23.9 Å². The first kappa shape index (κ1) is 30.3. The van der Waals surface area contributed by atoms with Gasteiger partial charge in [-0.3, -0.25) is 4.79 Å². The molecule has 6 rings (SSSR count). The summed E-state index contributed by atoms with van der Waals surface area (Å²) < 4.78 is 12.0. The van der Waals surface area contributed by atoms with Crippen molar-refractivity contribution in [1.82, 2.24) is 0 Å². The van der Waals surface area contributed by atoms with Gasteiger partial charge in [-0.05, 0) is 130 Å². The van der Waals surface area contributed by atoms with Crippen LogP contribution >= 0.6 is 23.5 Å². The first-order valence-electron chi connectivity index (χ1n) is 15.4. The minimum atomic E-state index is -1.32. The van der Waals surface area contributed by atoms with E-state index in [9.17, 15) is 14.4 Å². The highest BCUT2D eigenvalue weighted by Gasteiger charge is 2.69. The van der Waals surface area contributed by atoms with Gasteiger partial charge in [-0.2, -0.15) is 0 Å². The molecule has 226 valence electrons. The van der Waals surface area contributed by atoms with Crippen LogP contribution in [0, 0.1) is 28.6 Å². The maximum absolute atomic E-state index is 13.8. The van der Waals surface area contributed by atoms with Crippen LogP contribution in [0.3, 0.4) is 0 Å². The lowest BCUT2D eigenvalue weighted by atomic mass is 9.47. The van der Waals surface area contributed by atoms with E-state index >= 15 is 0 Å². The summed E-state index contributed by atoms with van der Waals surface area (Å²) in [5, 5.41) is 0. The Kier molecular flexibility index (Phi) is 8.18. The quantitative estimate of drug-likeness (QED) is 0.229. The van der Waals surface area contributed by atoms with Crippen molar-refractivity contribution in [2.45, 2.75) is 79.6 Å². The number of carbonyl (C=O) groups excluding carboxylic acids is 3. The summed E-state index contributed by atoms with van der Waals surface area (Å²) >= 11 is 3.35. The van der Waals surface area contributed by atoms with Crippen LogP contribution in [0.1, 0.15) is 69.7 Å². The maximum Gasteiger partial charge on any atom is 0.351 e. The van der Waals surface area contributed by atoms with E-state index in [-0.39, 0.29) is 23.7 Å². The lowest BCUT2D eigenvalue weighted by Crippen LogP contribution is -2.59. The maximum atomic E-state index is 13.8. The fraction of sp³-hybridized carbons (Fsp3) is 0.472. The molecule has 0 spiro atoms. The highest BCUT2D eigenvalue weighted by Crippen LogP contribution is 2.68. The number of carbonyl (C=O) groups is 3. The SMILES string of the molecule is CCOC(=O)C1(OC(=O)c2ccc(Sc3ccc(SC)cc3)cc2)CC[C@H]2[C@@H]3CCC4=CC(=O)C=C[C@]4(C)[C@H]3CC[C@@]21C. The molecule has 0 N–H and O–H groups in total. The zero-order valence-corrected chi connectivity index (χ0v) is 27.0. The number of thioether (sulfide) groups is 1. The zero-order chi connectivity index (χ0) is 30.4. The summed E-state index contributed by atoms with van der Waals surface area (Å²) in [5.41, 5.74) is -0.313. The molecule has 5 nitrogen and oxygen atoms in total. The van der Waals surface area contributed by atoms with Gasteiger partial charge in [-0.1, -0.05) is 37.3 Å². The Morgan fingerprint density at radius 2 is 1.56 bits per heavy atom. The third-order valence-corrected chi connectivity index (χ3v) is 12.7. The molecule has 43 heavy (non-hydrogen) atoms. The number of ether oxygens (including phenoxy) is 2. The molecule has 7 heteroatoms. The molecule has 6 atom stereocenters. The normalized spacial score (nSPS) is 32.7. The second-order valence-corrected chi connectivity index (χ2v) is 14.9. The summed E-state index contributed by atoms with van der Waals surface area (Å²) in [4.78, 5) is 43.1. The van der Waals surface area contributed by atoms with Gasteiger partial charge in [0.1, 0.15) is 0 Å². The number of ketones is 1. The monoisotopic (exact) mass is 616 g/mol. The average Bonchev–Trinajstić information content (AvgIpc) is 3.31. The van der Waals surface area contributed by atoms with E-state index < -0.39 is 23.0 Å². The van der Waals surface area contributed by atoms with E-state index in [0.717, 1.165) is 41.9 Å². The van der Waals surface area contributed by atoms with Crippen LogP contribution in [0.5, 0.6) is 0 Å². The summed E-state index contributed by atoms with van der Waals surface area (Å²) in [6.45, 7) is 6.47. The van der Waals surface area contributed by atoms with Gasteiger partial charge in [0.15, 0.2) is 5.78 Å². The average molecular weight is 617 g/mol. The molecule has 2 aromatic rings. The Morgan fingerprint density at radius 3 is 2.23 bits per heavy atom. The molecule has 3 saturated carbocycles. The molecule has 0 heterocycles. The molecule has 0 aliphatic heterocycles. The number of rotatable bonds is 7. The molecule has 0 bridgehead atoms. The van der Waals surface area contributed by atoms with Gasteiger partial charge >= 0.3 is 11.9 Å². The van der Waals surface area contributed by atoms with Gasteiger partial charge in [0.05, 0.1) is 12.2 Å². The number of fused-ring (bicyclic) bond motifs is 5. The van der Waals surface area contributed by atoms with Gasteiger partial charge < -0.3 is 9.47 Å². The van der Waals surface area contributed by atoms with Crippen molar-refractivity contribution in [1.29, 1.82) is 0 Å². The topological polar surface area (TPSA) is 69.7 Å². The largest absolute Gasteiger partial charge is 0.463 e. The van der Waals surface area contributed by atoms with Gasteiger partial charge in [-0.25, -0.2) is 9.59 Å². The van der Waals surface area contributed by atoms with Crippen LogP contribution in [0.4, 0.5) is 0 Å². The van der Waals surface area contributed by atoms with Crippen LogP contribution in [-0.4, -0.2) is 36.2 Å². The third kappa shape index (κ3) is 5.10. The Labute approximate surface area is 263 Å². The Balaban J connectivity index is 1.24. The highest BCUT2D eigenvalue weighted by molar-refractivity contribution is 7.99. The molecule has 0 radical (unpaired) electrons. The summed E-state index contributed by atoms with van der Waals surface area (Å²) in [7, 11) is 0. The first-order valence-corrected chi connectivity index (χ1v) is 17.4. The lowest BCUT2D eigenvalue weighted by molar-refractivity contribution is -0.187. The second kappa shape index (κ2) is 11.6. The number of benzene rings is 2. The molecule has 1 unspecified atom stereocenters. The Morgan fingerprint density at radius 1 is 0.907 bits per heavy atom. The second-order valence-electron chi connectivity index (χ2n) is 12.8. The number of hydrogen-bond donors (Lipinski definition) is 0. The van der Waals surface area contributed by atoms with Crippen molar-refractivity contribution in [3.63, 3.8) is 0 Å². The molecule has 4 aliphatic carbocycles. The molecule has 3 fully saturated rings. The molecular formula is C36H40O5S2. The molecule has 2 aromatic carbocycles. The minimum Gasteiger partial charge on any atom is -0.463 e. The fourth-order valence-electron chi connectivity index (χ4n) is 8.64.